The van der Waals surface area contributed by atoms with Crippen molar-refractivity contribution in [3.8, 4) is 5.75 Å². The smallest absolute Gasteiger partial charge is 0.303 e. The molecule has 5 rings (SSSR count). The Morgan fingerprint density at radius 3 is 2.52 bits per heavy atom. The number of rotatable bonds is 3. The Morgan fingerprint density at radius 1 is 0.968 bits per heavy atom. The van der Waals surface area contributed by atoms with E-state index in [1.807, 2.05) is 30.3 Å². The number of hydrogen-bond donors (Lipinski definition) is 2. The van der Waals surface area contributed by atoms with Gasteiger partial charge in [-0.1, -0.05) is 30.3 Å². The van der Waals surface area contributed by atoms with Crippen LogP contribution in [0.2, 0.25) is 0 Å². The Morgan fingerprint density at radius 2 is 1.71 bits per heavy atom. The van der Waals surface area contributed by atoms with Crippen LogP contribution < -0.4 is 10.9 Å². The average Bonchev–Trinajstić information content (AvgIpc) is 2.77. The van der Waals surface area contributed by atoms with Crippen molar-refractivity contribution in [2.75, 3.05) is 5.32 Å². The first-order valence-corrected chi connectivity index (χ1v) is 10.7. The fraction of sp³-hybridized carbons (Fsp3) is 0.0476. The molecular formula is C21H15N5O4S. The van der Waals surface area contributed by atoms with Crippen molar-refractivity contribution < 1.29 is 13.5 Å². The Labute approximate surface area is 176 Å². The molecule has 0 saturated heterocycles. The van der Waals surface area contributed by atoms with E-state index in [9.17, 15) is 18.3 Å². The minimum absolute atomic E-state index is 0.173. The third kappa shape index (κ3) is 3.13. The monoisotopic (exact) mass is 433 g/mol. The fourth-order valence-electron chi connectivity index (χ4n) is 3.50. The summed E-state index contributed by atoms with van der Waals surface area (Å²) in [5, 5.41) is 13.8. The van der Waals surface area contributed by atoms with Crippen LogP contribution >= 0.6 is 0 Å². The summed E-state index contributed by atoms with van der Waals surface area (Å²) in [6, 6.07) is 15.6. The minimum atomic E-state index is -4.16. The first kappa shape index (κ1) is 18.9. The minimum Gasteiger partial charge on any atom is -0.506 e. The first-order valence-electron chi connectivity index (χ1n) is 9.27. The topological polar surface area (TPSA) is 127 Å². The van der Waals surface area contributed by atoms with Crippen LogP contribution in [0.15, 0.2) is 81.2 Å². The van der Waals surface area contributed by atoms with Gasteiger partial charge in [0.2, 0.25) is 5.03 Å². The van der Waals surface area contributed by atoms with Gasteiger partial charge in [0.05, 0.1) is 17.6 Å². The number of nitrogens with zero attached hydrogens (tertiary/aromatic N) is 4. The van der Waals surface area contributed by atoms with Crippen LogP contribution in [-0.4, -0.2) is 33.9 Å². The summed E-state index contributed by atoms with van der Waals surface area (Å²) in [5.74, 6) is -0.665. The molecule has 3 aromatic heterocycles. The Kier molecular flexibility index (Phi) is 4.29. The molecule has 0 saturated carbocycles. The molecule has 154 valence electrons. The highest BCUT2D eigenvalue weighted by Crippen LogP contribution is 2.30. The van der Waals surface area contributed by atoms with Gasteiger partial charge in [-0.2, -0.15) is 8.42 Å². The van der Waals surface area contributed by atoms with Crippen molar-refractivity contribution in [2.45, 2.75) is 11.6 Å². The molecular weight excluding hydrogens is 418 g/mol. The number of fused-ring (bicyclic) bond motifs is 2. The van der Waals surface area contributed by atoms with Crippen molar-refractivity contribution >= 4 is 32.6 Å². The Bertz CT molecular complexity index is 1530. The molecule has 1 aliphatic heterocycles. The summed E-state index contributed by atoms with van der Waals surface area (Å²) < 4.78 is 30.4. The molecule has 0 bridgehead atoms. The normalized spacial score (nSPS) is 14.5. The molecule has 0 amide bonds. The average molecular weight is 433 g/mol. The zero-order valence-electron chi connectivity index (χ0n) is 15.9. The van der Waals surface area contributed by atoms with Gasteiger partial charge in [0, 0.05) is 12.4 Å². The number of hydrogen-bond acceptors (Lipinski definition) is 7. The first-order chi connectivity index (χ1) is 15.0. The van der Waals surface area contributed by atoms with Crippen LogP contribution in [0, 0.1) is 0 Å². The lowest BCUT2D eigenvalue weighted by Crippen LogP contribution is -2.33. The van der Waals surface area contributed by atoms with Crippen molar-refractivity contribution in [3.63, 3.8) is 0 Å². The molecule has 10 heteroatoms. The number of amidine groups is 1. The third-order valence-electron chi connectivity index (χ3n) is 4.89. The van der Waals surface area contributed by atoms with Gasteiger partial charge in [-0.3, -0.25) is 9.36 Å². The largest absolute Gasteiger partial charge is 0.506 e. The molecule has 0 atom stereocenters. The predicted octanol–water partition coefficient (Wildman–Crippen LogP) is 2.11. The molecule has 4 heterocycles. The zero-order valence-corrected chi connectivity index (χ0v) is 16.7. The summed E-state index contributed by atoms with van der Waals surface area (Å²) in [6.07, 6.45) is 2.86. The number of nitrogens with one attached hydrogen (secondary N) is 1. The van der Waals surface area contributed by atoms with E-state index in [0.717, 1.165) is 5.56 Å². The van der Waals surface area contributed by atoms with Crippen LogP contribution in [0.3, 0.4) is 0 Å². The predicted molar refractivity (Wildman–Crippen MR) is 115 cm³/mol. The second-order valence-electron chi connectivity index (χ2n) is 6.87. The lowest BCUT2D eigenvalue weighted by Gasteiger charge is -2.19. The molecule has 0 radical (unpaired) electrons. The number of benzene rings is 1. The van der Waals surface area contributed by atoms with Crippen molar-refractivity contribution in [3.05, 3.63) is 88.5 Å². The molecule has 4 aromatic rings. The summed E-state index contributed by atoms with van der Waals surface area (Å²) in [6.45, 7) is 0.179. The van der Waals surface area contributed by atoms with Gasteiger partial charge in [0.25, 0.3) is 5.56 Å². The fourth-order valence-corrected chi connectivity index (χ4v) is 4.56. The lowest BCUT2D eigenvalue weighted by atomic mass is 10.1. The van der Waals surface area contributed by atoms with Crippen molar-refractivity contribution in [2.24, 2.45) is 4.40 Å². The van der Waals surface area contributed by atoms with Gasteiger partial charge in [0.1, 0.15) is 17.0 Å². The van der Waals surface area contributed by atoms with Gasteiger partial charge in [0.15, 0.2) is 5.84 Å². The number of sulfonamides is 1. The second kappa shape index (κ2) is 7.03. The lowest BCUT2D eigenvalue weighted by molar-refractivity contribution is 0.477. The van der Waals surface area contributed by atoms with Crippen LogP contribution in [0.4, 0.5) is 5.69 Å². The maximum Gasteiger partial charge on any atom is 0.303 e. The van der Waals surface area contributed by atoms with Crippen LogP contribution in [0.5, 0.6) is 5.75 Å². The quantitative estimate of drug-likeness (QED) is 0.507. The van der Waals surface area contributed by atoms with Crippen molar-refractivity contribution in [1.82, 2.24) is 14.5 Å². The van der Waals surface area contributed by atoms with E-state index in [-0.39, 0.29) is 34.3 Å². The molecule has 0 spiro atoms. The molecule has 9 nitrogen and oxygen atoms in total. The van der Waals surface area contributed by atoms with Gasteiger partial charge in [-0.05, 0) is 29.8 Å². The molecule has 0 unspecified atom stereocenters. The van der Waals surface area contributed by atoms with E-state index < -0.39 is 21.3 Å². The maximum atomic E-state index is 13.5. The molecule has 1 aromatic carbocycles. The SMILES string of the molecule is O=c1c(C2=NS(=O)(=O)c3ncccc3N2)c(O)c2cccnc2n1Cc1ccccc1. The summed E-state index contributed by atoms with van der Waals surface area (Å²) in [4.78, 5) is 21.6. The highest BCUT2D eigenvalue weighted by molar-refractivity contribution is 7.90. The summed E-state index contributed by atoms with van der Waals surface area (Å²) in [7, 11) is -4.16. The van der Waals surface area contributed by atoms with E-state index >= 15 is 0 Å². The Balaban J connectivity index is 1.77. The highest BCUT2D eigenvalue weighted by Gasteiger charge is 2.30. The third-order valence-corrected chi connectivity index (χ3v) is 6.13. The van der Waals surface area contributed by atoms with Crippen LogP contribution in [-0.2, 0) is 16.6 Å². The number of aromatic nitrogens is 3. The second-order valence-corrected chi connectivity index (χ2v) is 8.39. The number of aromatic hydroxyl groups is 1. The summed E-state index contributed by atoms with van der Waals surface area (Å²) in [5.41, 5.74) is 0.413. The highest BCUT2D eigenvalue weighted by atomic mass is 32.2. The maximum absolute atomic E-state index is 13.5. The van der Waals surface area contributed by atoms with Gasteiger partial charge >= 0.3 is 10.0 Å². The number of pyridine rings is 3. The van der Waals surface area contributed by atoms with E-state index in [1.54, 1.807) is 18.2 Å². The van der Waals surface area contributed by atoms with Crippen LogP contribution in [0.1, 0.15) is 11.1 Å². The molecule has 0 fully saturated rings. The molecule has 1 aliphatic rings. The standard InChI is InChI=1S/C21H15N5O4S/c27-17-14-8-4-10-22-19(14)26(12-13-6-2-1-3-7-13)21(28)16(17)18-24-15-9-5-11-23-20(15)31(29,30)25-18/h1-11,27H,12H2,(H,24,25). The van der Waals surface area contributed by atoms with Gasteiger partial charge < -0.3 is 10.4 Å². The van der Waals surface area contributed by atoms with E-state index in [1.165, 1.54) is 23.0 Å². The summed E-state index contributed by atoms with van der Waals surface area (Å²) >= 11 is 0. The zero-order chi connectivity index (χ0) is 21.6. The Hall–Kier alpha value is -4.05. The molecule has 31 heavy (non-hydrogen) atoms. The van der Waals surface area contributed by atoms with Crippen LogP contribution in [0.25, 0.3) is 11.0 Å². The molecule has 2 N–H and O–H groups in total. The van der Waals surface area contributed by atoms with E-state index in [0.29, 0.717) is 5.39 Å². The van der Waals surface area contributed by atoms with E-state index in [2.05, 4.69) is 19.7 Å². The number of anilines is 1. The van der Waals surface area contributed by atoms with Crippen molar-refractivity contribution in [1.29, 1.82) is 0 Å². The van der Waals surface area contributed by atoms with Gasteiger partial charge in [-0.25, -0.2) is 9.97 Å². The molecule has 0 aliphatic carbocycles. The van der Waals surface area contributed by atoms with E-state index in [4.69, 9.17) is 0 Å². The van der Waals surface area contributed by atoms with Gasteiger partial charge in [-0.15, -0.1) is 4.40 Å².